The average molecular weight is 244 g/mol. The quantitative estimate of drug-likeness (QED) is 0.866. The number of hydrogen-bond donors (Lipinski definition) is 1. The average Bonchev–Trinajstić information content (AvgIpc) is 2.56. The number of hydrogen-bond acceptors (Lipinski definition) is 2. The fourth-order valence-electron chi connectivity index (χ4n) is 2.89. The van der Waals surface area contributed by atoms with E-state index in [9.17, 15) is 4.79 Å². The Labute approximate surface area is 108 Å². The van der Waals surface area contributed by atoms with Crippen molar-refractivity contribution in [2.75, 3.05) is 0 Å². The van der Waals surface area contributed by atoms with Gasteiger partial charge in [0.15, 0.2) is 0 Å². The molecule has 1 aliphatic carbocycles. The number of carbonyl (C=O) groups is 1. The molecule has 96 valence electrons. The van der Waals surface area contributed by atoms with Crippen molar-refractivity contribution in [1.82, 2.24) is 10.2 Å². The third-order valence-electron chi connectivity index (χ3n) is 4.14. The van der Waals surface area contributed by atoms with Gasteiger partial charge in [0.2, 0.25) is 5.91 Å². The Bertz CT molecular complexity index is 467. The summed E-state index contributed by atoms with van der Waals surface area (Å²) in [4.78, 5) is 14.3. The van der Waals surface area contributed by atoms with Gasteiger partial charge in [-0.1, -0.05) is 29.8 Å². The van der Waals surface area contributed by atoms with Crippen LogP contribution in [-0.4, -0.2) is 22.9 Å². The monoisotopic (exact) mass is 244 g/mol. The van der Waals surface area contributed by atoms with Crippen molar-refractivity contribution in [2.45, 2.75) is 51.4 Å². The Morgan fingerprint density at radius 1 is 1.33 bits per heavy atom. The van der Waals surface area contributed by atoms with Gasteiger partial charge in [-0.05, 0) is 38.7 Å². The standard InChI is InChI=1S/C15H20N2O/c1-10-5-3-6-12(9-10)14-16-11(2)15(18)17(14)13-7-4-8-13/h3,5-6,9,11,13-14,16H,4,7-8H2,1-2H3. The van der Waals surface area contributed by atoms with Crippen LogP contribution in [0.4, 0.5) is 0 Å². The highest BCUT2D eigenvalue weighted by Gasteiger charge is 2.42. The van der Waals surface area contributed by atoms with Crippen LogP contribution in [0.3, 0.4) is 0 Å². The van der Waals surface area contributed by atoms with Gasteiger partial charge in [-0.2, -0.15) is 0 Å². The first-order valence-electron chi connectivity index (χ1n) is 6.81. The molecule has 1 aliphatic heterocycles. The lowest BCUT2D eigenvalue weighted by molar-refractivity contribution is -0.133. The minimum atomic E-state index is -0.0592. The summed E-state index contributed by atoms with van der Waals surface area (Å²) in [6, 6.07) is 8.84. The second-order valence-electron chi connectivity index (χ2n) is 5.54. The van der Waals surface area contributed by atoms with Gasteiger partial charge in [0.05, 0.1) is 6.04 Å². The Morgan fingerprint density at radius 2 is 2.11 bits per heavy atom. The highest BCUT2D eigenvalue weighted by molar-refractivity contribution is 5.84. The second-order valence-corrected chi connectivity index (χ2v) is 5.54. The third-order valence-corrected chi connectivity index (χ3v) is 4.14. The zero-order valence-corrected chi connectivity index (χ0v) is 11.0. The van der Waals surface area contributed by atoms with E-state index >= 15 is 0 Å². The topological polar surface area (TPSA) is 32.3 Å². The highest BCUT2D eigenvalue weighted by Crippen LogP contribution is 2.35. The Hall–Kier alpha value is -1.35. The van der Waals surface area contributed by atoms with E-state index in [2.05, 4.69) is 41.4 Å². The predicted molar refractivity (Wildman–Crippen MR) is 71.0 cm³/mol. The molecule has 18 heavy (non-hydrogen) atoms. The fourth-order valence-corrected chi connectivity index (χ4v) is 2.89. The van der Waals surface area contributed by atoms with Crippen LogP contribution < -0.4 is 5.32 Å². The van der Waals surface area contributed by atoms with Gasteiger partial charge in [-0.3, -0.25) is 10.1 Å². The maximum absolute atomic E-state index is 12.3. The van der Waals surface area contributed by atoms with Gasteiger partial charge in [-0.25, -0.2) is 0 Å². The zero-order valence-electron chi connectivity index (χ0n) is 11.0. The van der Waals surface area contributed by atoms with E-state index < -0.39 is 0 Å². The lowest BCUT2D eigenvalue weighted by Gasteiger charge is -2.38. The summed E-state index contributed by atoms with van der Waals surface area (Å²) < 4.78 is 0. The molecule has 1 aromatic rings. The largest absolute Gasteiger partial charge is 0.319 e. The molecule has 2 aliphatic rings. The molecule has 1 aromatic carbocycles. The molecule has 3 nitrogen and oxygen atoms in total. The first-order chi connectivity index (χ1) is 8.66. The molecule has 2 fully saturated rings. The molecular weight excluding hydrogens is 224 g/mol. The lowest BCUT2D eigenvalue weighted by atomic mass is 9.90. The van der Waals surface area contributed by atoms with Crippen molar-refractivity contribution in [1.29, 1.82) is 0 Å². The number of nitrogens with one attached hydrogen (secondary N) is 1. The number of nitrogens with zero attached hydrogens (tertiary/aromatic N) is 1. The van der Waals surface area contributed by atoms with Crippen LogP contribution in [0, 0.1) is 6.92 Å². The van der Waals surface area contributed by atoms with Gasteiger partial charge in [0.1, 0.15) is 6.17 Å². The molecule has 0 radical (unpaired) electrons. The minimum absolute atomic E-state index is 0.0592. The Kier molecular flexibility index (Phi) is 2.86. The van der Waals surface area contributed by atoms with Gasteiger partial charge < -0.3 is 4.90 Å². The molecular formula is C15H20N2O. The molecule has 0 spiro atoms. The Morgan fingerprint density at radius 3 is 2.72 bits per heavy atom. The van der Waals surface area contributed by atoms with E-state index in [1.807, 2.05) is 6.92 Å². The second kappa shape index (κ2) is 4.39. The van der Waals surface area contributed by atoms with E-state index in [0.717, 1.165) is 12.8 Å². The summed E-state index contributed by atoms with van der Waals surface area (Å²) >= 11 is 0. The van der Waals surface area contributed by atoms with Crippen LogP contribution in [0.5, 0.6) is 0 Å². The van der Waals surface area contributed by atoms with Crippen LogP contribution in [0.1, 0.15) is 43.5 Å². The molecule has 1 heterocycles. The third kappa shape index (κ3) is 1.83. The molecule has 3 rings (SSSR count). The van der Waals surface area contributed by atoms with Gasteiger partial charge in [-0.15, -0.1) is 0 Å². The lowest BCUT2D eigenvalue weighted by Crippen LogP contribution is -2.43. The molecule has 0 bridgehead atoms. The van der Waals surface area contributed by atoms with Crippen molar-refractivity contribution >= 4 is 5.91 Å². The molecule has 1 N–H and O–H groups in total. The van der Waals surface area contributed by atoms with E-state index in [1.54, 1.807) is 0 Å². The maximum Gasteiger partial charge on any atom is 0.241 e. The van der Waals surface area contributed by atoms with Crippen molar-refractivity contribution < 1.29 is 4.79 Å². The van der Waals surface area contributed by atoms with Crippen LogP contribution in [-0.2, 0) is 4.79 Å². The molecule has 0 aromatic heterocycles. The van der Waals surface area contributed by atoms with Crippen molar-refractivity contribution in [2.24, 2.45) is 0 Å². The van der Waals surface area contributed by atoms with Crippen LogP contribution in [0.25, 0.3) is 0 Å². The van der Waals surface area contributed by atoms with Crippen LogP contribution in [0.2, 0.25) is 0 Å². The molecule has 2 unspecified atom stereocenters. The van der Waals surface area contributed by atoms with E-state index in [4.69, 9.17) is 0 Å². The number of amides is 1. The maximum atomic E-state index is 12.3. The SMILES string of the molecule is Cc1cccc(C2NC(C)C(=O)N2C2CCC2)c1. The Balaban J connectivity index is 1.91. The fraction of sp³-hybridized carbons (Fsp3) is 0.533. The summed E-state index contributed by atoms with van der Waals surface area (Å²) in [5, 5.41) is 3.42. The highest BCUT2D eigenvalue weighted by atomic mass is 16.2. The van der Waals surface area contributed by atoms with Crippen molar-refractivity contribution in [3.05, 3.63) is 35.4 Å². The molecule has 1 amide bonds. The van der Waals surface area contributed by atoms with Crippen molar-refractivity contribution in [3.8, 4) is 0 Å². The number of aryl methyl sites for hydroxylation is 1. The molecule has 1 saturated heterocycles. The minimum Gasteiger partial charge on any atom is -0.319 e. The summed E-state index contributed by atoms with van der Waals surface area (Å²) in [6.07, 6.45) is 3.63. The summed E-state index contributed by atoms with van der Waals surface area (Å²) in [5.74, 6) is 0.256. The zero-order chi connectivity index (χ0) is 12.7. The van der Waals surface area contributed by atoms with Gasteiger partial charge in [0, 0.05) is 6.04 Å². The summed E-state index contributed by atoms with van der Waals surface area (Å²) in [7, 11) is 0. The van der Waals surface area contributed by atoms with E-state index in [-0.39, 0.29) is 18.1 Å². The molecule has 3 heteroatoms. The van der Waals surface area contributed by atoms with Gasteiger partial charge in [0.25, 0.3) is 0 Å². The number of benzene rings is 1. The van der Waals surface area contributed by atoms with Gasteiger partial charge >= 0.3 is 0 Å². The predicted octanol–water partition coefficient (Wildman–Crippen LogP) is 2.37. The van der Waals surface area contributed by atoms with Crippen LogP contribution in [0.15, 0.2) is 24.3 Å². The summed E-state index contributed by atoms with van der Waals surface area (Å²) in [5.41, 5.74) is 2.45. The van der Waals surface area contributed by atoms with E-state index in [1.165, 1.54) is 17.5 Å². The van der Waals surface area contributed by atoms with Crippen LogP contribution >= 0.6 is 0 Å². The smallest absolute Gasteiger partial charge is 0.241 e. The summed E-state index contributed by atoms with van der Waals surface area (Å²) in [6.45, 7) is 4.06. The van der Waals surface area contributed by atoms with E-state index in [0.29, 0.717) is 6.04 Å². The molecule has 1 saturated carbocycles. The molecule has 2 atom stereocenters. The number of carbonyl (C=O) groups excluding carboxylic acids is 1. The number of rotatable bonds is 2. The first-order valence-corrected chi connectivity index (χ1v) is 6.81. The normalized spacial score (nSPS) is 28.6. The first kappa shape index (κ1) is 11.7. The van der Waals surface area contributed by atoms with Crippen molar-refractivity contribution in [3.63, 3.8) is 0 Å².